The minimum absolute atomic E-state index is 0.0313. The predicted molar refractivity (Wildman–Crippen MR) is 76.0 cm³/mol. The molecule has 0 heterocycles. The van der Waals surface area contributed by atoms with Gasteiger partial charge in [-0.15, -0.1) is 0 Å². The van der Waals surface area contributed by atoms with Crippen molar-refractivity contribution in [2.75, 3.05) is 12.8 Å². The summed E-state index contributed by atoms with van der Waals surface area (Å²) in [5, 5.41) is 10.7. The van der Waals surface area contributed by atoms with Crippen LogP contribution in [0.1, 0.15) is 0 Å². The number of hydrogen-bond donors (Lipinski definition) is 1. The number of nitrogen functional groups attached to an aromatic ring is 1. The molecule has 110 valence electrons. The fourth-order valence-electron chi connectivity index (χ4n) is 1.77. The van der Waals surface area contributed by atoms with Crippen LogP contribution >= 0.6 is 0 Å². The summed E-state index contributed by atoms with van der Waals surface area (Å²) in [6, 6.07) is 9.01. The molecule has 0 fully saturated rings. The first kappa shape index (κ1) is 14.8. The van der Waals surface area contributed by atoms with Gasteiger partial charge >= 0.3 is 0 Å². The van der Waals surface area contributed by atoms with Gasteiger partial charge in [-0.05, 0) is 30.3 Å². The highest BCUT2D eigenvalue weighted by molar-refractivity contribution is 7.91. The van der Waals surface area contributed by atoms with E-state index in [4.69, 9.17) is 10.5 Å². The van der Waals surface area contributed by atoms with E-state index in [2.05, 4.69) is 0 Å². The maximum absolute atomic E-state index is 12.5. The Hall–Kier alpha value is -2.61. The summed E-state index contributed by atoms with van der Waals surface area (Å²) in [6.07, 6.45) is 0. The van der Waals surface area contributed by atoms with Gasteiger partial charge in [-0.2, -0.15) is 0 Å². The van der Waals surface area contributed by atoms with Crippen LogP contribution in [0.5, 0.6) is 5.75 Å². The van der Waals surface area contributed by atoms with Crippen LogP contribution in [0.2, 0.25) is 0 Å². The number of methoxy groups -OCH3 is 1. The first-order chi connectivity index (χ1) is 9.86. The zero-order valence-electron chi connectivity index (χ0n) is 11.0. The zero-order chi connectivity index (χ0) is 15.6. The molecule has 21 heavy (non-hydrogen) atoms. The lowest BCUT2D eigenvalue weighted by Gasteiger charge is -2.09. The van der Waals surface area contributed by atoms with Crippen LogP contribution in [0.4, 0.5) is 11.4 Å². The van der Waals surface area contributed by atoms with Crippen molar-refractivity contribution in [2.24, 2.45) is 0 Å². The molecule has 7 nitrogen and oxygen atoms in total. The van der Waals surface area contributed by atoms with Gasteiger partial charge in [0.25, 0.3) is 5.69 Å². The van der Waals surface area contributed by atoms with Crippen LogP contribution in [0.3, 0.4) is 0 Å². The molecule has 0 spiro atoms. The minimum atomic E-state index is -3.84. The second-order valence-electron chi connectivity index (χ2n) is 4.16. The molecule has 0 amide bonds. The molecule has 0 aliphatic carbocycles. The smallest absolute Gasteiger partial charge is 0.273 e. The third kappa shape index (κ3) is 2.79. The number of rotatable bonds is 4. The molecular formula is C13H12N2O5S. The van der Waals surface area contributed by atoms with Crippen molar-refractivity contribution >= 4 is 21.2 Å². The van der Waals surface area contributed by atoms with Crippen molar-refractivity contribution in [3.8, 4) is 5.75 Å². The summed E-state index contributed by atoms with van der Waals surface area (Å²) in [6.45, 7) is 0. The Morgan fingerprint density at radius 3 is 2.29 bits per heavy atom. The second kappa shape index (κ2) is 5.41. The van der Waals surface area contributed by atoms with Gasteiger partial charge in [0, 0.05) is 11.8 Å². The van der Waals surface area contributed by atoms with Crippen molar-refractivity contribution in [1.29, 1.82) is 0 Å². The van der Waals surface area contributed by atoms with Gasteiger partial charge in [-0.25, -0.2) is 8.42 Å². The lowest BCUT2D eigenvalue weighted by Crippen LogP contribution is -2.05. The molecule has 0 aromatic heterocycles. The summed E-state index contributed by atoms with van der Waals surface area (Å²) in [4.78, 5) is 9.99. The zero-order valence-corrected chi connectivity index (χ0v) is 11.8. The van der Waals surface area contributed by atoms with Crippen molar-refractivity contribution in [3.05, 3.63) is 52.6 Å². The molecule has 0 radical (unpaired) electrons. The summed E-state index contributed by atoms with van der Waals surface area (Å²) in [5.41, 5.74) is 5.71. The van der Waals surface area contributed by atoms with E-state index in [1.165, 1.54) is 31.4 Å². The van der Waals surface area contributed by atoms with E-state index in [0.717, 1.165) is 18.2 Å². The second-order valence-corrected chi connectivity index (χ2v) is 6.08. The summed E-state index contributed by atoms with van der Waals surface area (Å²) in [7, 11) is -2.59. The average molecular weight is 308 g/mol. The molecule has 0 aliphatic rings. The normalized spacial score (nSPS) is 11.1. The van der Waals surface area contributed by atoms with Gasteiger partial charge in [-0.3, -0.25) is 10.1 Å². The number of sulfone groups is 1. The van der Waals surface area contributed by atoms with Gasteiger partial charge in [-0.1, -0.05) is 0 Å². The van der Waals surface area contributed by atoms with Crippen molar-refractivity contribution in [2.45, 2.75) is 9.79 Å². The molecule has 2 N–H and O–H groups in total. The van der Waals surface area contributed by atoms with E-state index >= 15 is 0 Å². The van der Waals surface area contributed by atoms with Gasteiger partial charge in [0.1, 0.15) is 10.6 Å². The molecule has 2 aromatic rings. The number of anilines is 1. The highest BCUT2D eigenvalue weighted by atomic mass is 32.2. The van der Waals surface area contributed by atoms with E-state index in [1.54, 1.807) is 0 Å². The van der Waals surface area contributed by atoms with E-state index in [-0.39, 0.29) is 21.2 Å². The first-order valence-corrected chi connectivity index (χ1v) is 7.27. The van der Waals surface area contributed by atoms with E-state index in [1.807, 2.05) is 0 Å². The quantitative estimate of drug-likeness (QED) is 0.525. The maximum Gasteiger partial charge on any atom is 0.273 e. The minimum Gasteiger partial charge on any atom is -0.495 e. The Bertz CT molecular complexity index is 785. The number of non-ortho nitro benzene ring substituents is 1. The summed E-state index contributed by atoms with van der Waals surface area (Å²) >= 11 is 0. The Balaban J connectivity index is 2.59. The average Bonchev–Trinajstić information content (AvgIpc) is 2.46. The van der Waals surface area contributed by atoms with E-state index in [9.17, 15) is 18.5 Å². The van der Waals surface area contributed by atoms with Gasteiger partial charge in [0.05, 0.1) is 23.0 Å². The van der Waals surface area contributed by atoms with E-state index < -0.39 is 14.8 Å². The lowest BCUT2D eigenvalue weighted by molar-refractivity contribution is -0.385. The summed E-state index contributed by atoms with van der Waals surface area (Å²) in [5.74, 6) is -0.0824. The van der Waals surface area contributed by atoms with Crippen molar-refractivity contribution in [3.63, 3.8) is 0 Å². The van der Waals surface area contributed by atoms with E-state index in [0.29, 0.717) is 5.69 Å². The fourth-order valence-corrected chi connectivity index (χ4v) is 3.17. The molecule has 2 aromatic carbocycles. The highest BCUT2D eigenvalue weighted by Crippen LogP contribution is 2.32. The molecule has 0 aliphatic heterocycles. The van der Waals surface area contributed by atoms with Crippen LogP contribution in [0.25, 0.3) is 0 Å². The Labute approximate surface area is 121 Å². The van der Waals surface area contributed by atoms with Crippen LogP contribution in [-0.4, -0.2) is 20.5 Å². The summed E-state index contributed by atoms with van der Waals surface area (Å²) < 4.78 is 30.0. The monoisotopic (exact) mass is 308 g/mol. The number of benzene rings is 2. The standard InChI is InChI=1S/C13H12N2O5S/c1-20-12-8-10(15(16)17)4-7-13(12)21(18,19)11-5-2-9(14)3-6-11/h2-8H,14H2,1H3. The molecule has 0 saturated carbocycles. The number of hydrogen-bond acceptors (Lipinski definition) is 6. The van der Waals surface area contributed by atoms with Crippen LogP contribution in [0.15, 0.2) is 52.3 Å². The topological polar surface area (TPSA) is 113 Å². The Morgan fingerprint density at radius 1 is 1.14 bits per heavy atom. The maximum atomic E-state index is 12.5. The molecule has 0 saturated heterocycles. The number of nitro groups is 1. The lowest BCUT2D eigenvalue weighted by atomic mass is 10.3. The fraction of sp³-hybridized carbons (Fsp3) is 0.0769. The molecular weight excluding hydrogens is 296 g/mol. The van der Waals surface area contributed by atoms with Crippen LogP contribution in [-0.2, 0) is 9.84 Å². The van der Waals surface area contributed by atoms with Crippen LogP contribution < -0.4 is 10.5 Å². The SMILES string of the molecule is COc1cc([N+](=O)[O-])ccc1S(=O)(=O)c1ccc(N)cc1. The van der Waals surface area contributed by atoms with Crippen molar-refractivity contribution < 1.29 is 18.1 Å². The number of ether oxygens (including phenoxy) is 1. The first-order valence-electron chi connectivity index (χ1n) is 5.79. The van der Waals surface area contributed by atoms with Gasteiger partial charge in [0.15, 0.2) is 0 Å². The number of nitrogens with zero attached hydrogens (tertiary/aromatic N) is 1. The number of nitrogens with two attached hydrogens (primary N) is 1. The number of nitro benzene ring substituents is 1. The van der Waals surface area contributed by atoms with Crippen LogP contribution in [0, 0.1) is 10.1 Å². The predicted octanol–water partition coefficient (Wildman–Crippen LogP) is 2.02. The third-order valence-electron chi connectivity index (χ3n) is 2.84. The van der Waals surface area contributed by atoms with Gasteiger partial charge < -0.3 is 10.5 Å². The molecule has 0 bridgehead atoms. The third-order valence-corrected chi connectivity index (χ3v) is 4.65. The Kier molecular flexibility index (Phi) is 3.81. The Morgan fingerprint density at radius 2 is 1.76 bits per heavy atom. The van der Waals surface area contributed by atoms with Gasteiger partial charge in [0.2, 0.25) is 9.84 Å². The van der Waals surface area contributed by atoms with Crippen molar-refractivity contribution in [1.82, 2.24) is 0 Å². The highest BCUT2D eigenvalue weighted by Gasteiger charge is 2.24. The molecule has 2 rings (SSSR count). The molecule has 8 heteroatoms. The largest absolute Gasteiger partial charge is 0.495 e. The molecule has 0 atom stereocenters. The molecule has 0 unspecified atom stereocenters.